The van der Waals surface area contributed by atoms with Crippen LogP contribution in [0.5, 0.6) is 0 Å². The van der Waals surface area contributed by atoms with Crippen LogP contribution in [0.25, 0.3) is 0 Å². The highest BCUT2D eigenvalue weighted by Crippen LogP contribution is 2.59. The summed E-state index contributed by atoms with van der Waals surface area (Å²) in [5.41, 5.74) is 1.68. The molecule has 2 atom stereocenters. The van der Waals surface area contributed by atoms with Crippen LogP contribution in [0, 0.1) is 17.3 Å². The van der Waals surface area contributed by atoms with Crippen molar-refractivity contribution in [2.45, 2.75) is 26.8 Å². The molecule has 1 fully saturated rings. The number of hydrogen-bond donors (Lipinski definition) is 2. The SMILES string of the molecule is CC1(C)[C@H](C(=O)O)[C@@H]1C(=O)N1CCc2[nH]ncc2C1. The Bertz CT molecular complexity index is 549. The molecule has 0 unspecified atom stereocenters. The number of rotatable bonds is 2. The normalized spacial score (nSPS) is 27.8. The number of nitrogens with zero attached hydrogens (tertiary/aromatic N) is 2. The van der Waals surface area contributed by atoms with Gasteiger partial charge >= 0.3 is 5.97 Å². The minimum atomic E-state index is -0.871. The fourth-order valence-electron chi connectivity index (χ4n) is 3.17. The molecule has 1 aromatic rings. The first-order chi connectivity index (χ1) is 8.93. The highest BCUT2D eigenvalue weighted by molar-refractivity contribution is 5.91. The van der Waals surface area contributed by atoms with Crippen LogP contribution in [-0.2, 0) is 22.6 Å². The van der Waals surface area contributed by atoms with Crippen LogP contribution in [-0.4, -0.2) is 38.6 Å². The topological polar surface area (TPSA) is 86.3 Å². The average Bonchev–Trinajstić information content (AvgIpc) is 2.73. The molecule has 1 aromatic heterocycles. The summed E-state index contributed by atoms with van der Waals surface area (Å²) in [7, 11) is 0. The lowest BCUT2D eigenvalue weighted by Crippen LogP contribution is -2.37. The van der Waals surface area contributed by atoms with Gasteiger partial charge in [0.25, 0.3) is 0 Å². The fraction of sp³-hybridized carbons (Fsp3) is 0.615. The highest BCUT2D eigenvalue weighted by Gasteiger charge is 2.66. The third-order valence-corrected chi connectivity index (χ3v) is 4.47. The van der Waals surface area contributed by atoms with Gasteiger partial charge in [0.15, 0.2) is 0 Å². The number of aliphatic carboxylic acids is 1. The van der Waals surface area contributed by atoms with Gasteiger partial charge in [0.05, 0.1) is 18.0 Å². The molecular formula is C13H17N3O3. The van der Waals surface area contributed by atoms with Crippen molar-refractivity contribution in [3.05, 3.63) is 17.5 Å². The molecule has 0 bridgehead atoms. The van der Waals surface area contributed by atoms with Crippen molar-refractivity contribution in [1.29, 1.82) is 0 Å². The predicted octanol–water partition coefficient (Wildman–Crippen LogP) is 0.651. The number of fused-ring (bicyclic) bond motifs is 1. The molecule has 19 heavy (non-hydrogen) atoms. The molecular weight excluding hydrogens is 246 g/mol. The molecule has 1 saturated carbocycles. The van der Waals surface area contributed by atoms with Gasteiger partial charge in [0.1, 0.15) is 0 Å². The standard InChI is InChI=1S/C13H17N3O3/c1-13(2)9(10(13)12(18)19)11(17)16-4-3-8-7(6-16)5-14-15-8/h5,9-10H,3-4,6H2,1-2H3,(H,14,15)(H,18,19)/t9-,10+/m1/s1. The fourth-order valence-corrected chi connectivity index (χ4v) is 3.17. The molecule has 6 nitrogen and oxygen atoms in total. The molecule has 0 aromatic carbocycles. The lowest BCUT2D eigenvalue weighted by atomic mass is 10.1. The monoisotopic (exact) mass is 263 g/mol. The van der Waals surface area contributed by atoms with Gasteiger partial charge in [-0.05, 0) is 5.41 Å². The maximum Gasteiger partial charge on any atom is 0.307 e. The summed E-state index contributed by atoms with van der Waals surface area (Å²) in [6.07, 6.45) is 2.49. The van der Waals surface area contributed by atoms with Gasteiger partial charge in [-0.2, -0.15) is 5.10 Å². The highest BCUT2D eigenvalue weighted by atomic mass is 16.4. The Morgan fingerprint density at radius 1 is 1.47 bits per heavy atom. The number of nitrogens with one attached hydrogen (secondary N) is 1. The summed E-state index contributed by atoms with van der Waals surface area (Å²) in [5, 5.41) is 16.0. The van der Waals surface area contributed by atoms with E-state index in [-0.39, 0.29) is 5.91 Å². The van der Waals surface area contributed by atoms with Crippen molar-refractivity contribution in [1.82, 2.24) is 15.1 Å². The van der Waals surface area contributed by atoms with Gasteiger partial charge in [-0.25, -0.2) is 0 Å². The van der Waals surface area contributed by atoms with Crippen molar-refractivity contribution in [3.63, 3.8) is 0 Å². The van der Waals surface area contributed by atoms with Crippen LogP contribution < -0.4 is 0 Å². The molecule has 1 amide bonds. The van der Waals surface area contributed by atoms with E-state index >= 15 is 0 Å². The first-order valence-electron chi connectivity index (χ1n) is 6.45. The van der Waals surface area contributed by atoms with Crippen LogP contribution in [0.2, 0.25) is 0 Å². The summed E-state index contributed by atoms with van der Waals surface area (Å²) >= 11 is 0. The van der Waals surface area contributed by atoms with Crippen molar-refractivity contribution >= 4 is 11.9 Å². The van der Waals surface area contributed by atoms with Crippen molar-refractivity contribution in [2.24, 2.45) is 17.3 Å². The zero-order chi connectivity index (χ0) is 13.8. The molecule has 6 heteroatoms. The third-order valence-electron chi connectivity index (χ3n) is 4.47. The van der Waals surface area contributed by atoms with Crippen molar-refractivity contribution < 1.29 is 14.7 Å². The number of carbonyl (C=O) groups excluding carboxylic acids is 1. The van der Waals surface area contributed by atoms with Crippen LogP contribution in [0.4, 0.5) is 0 Å². The van der Waals surface area contributed by atoms with Crippen LogP contribution in [0.3, 0.4) is 0 Å². The molecule has 2 heterocycles. The first-order valence-corrected chi connectivity index (χ1v) is 6.45. The molecule has 2 aliphatic rings. The van der Waals surface area contributed by atoms with E-state index in [0.717, 1.165) is 17.7 Å². The van der Waals surface area contributed by atoms with E-state index in [2.05, 4.69) is 10.2 Å². The molecule has 0 saturated heterocycles. The van der Waals surface area contributed by atoms with Crippen LogP contribution in [0.1, 0.15) is 25.1 Å². The Balaban J connectivity index is 1.75. The van der Waals surface area contributed by atoms with Crippen molar-refractivity contribution in [2.75, 3.05) is 6.54 Å². The largest absolute Gasteiger partial charge is 0.481 e. The lowest BCUT2D eigenvalue weighted by Gasteiger charge is -2.27. The van der Waals surface area contributed by atoms with E-state index in [1.54, 1.807) is 11.1 Å². The minimum Gasteiger partial charge on any atom is -0.481 e. The Morgan fingerprint density at radius 2 is 2.21 bits per heavy atom. The zero-order valence-electron chi connectivity index (χ0n) is 11.0. The van der Waals surface area contributed by atoms with Gasteiger partial charge in [-0.3, -0.25) is 14.7 Å². The number of H-pyrrole nitrogens is 1. The number of aromatic amines is 1. The van der Waals surface area contributed by atoms with E-state index in [9.17, 15) is 9.59 Å². The van der Waals surface area contributed by atoms with E-state index in [4.69, 9.17) is 5.11 Å². The quantitative estimate of drug-likeness (QED) is 0.820. The average molecular weight is 263 g/mol. The predicted molar refractivity (Wildman–Crippen MR) is 66.1 cm³/mol. The van der Waals surface area contributed by atoms with Crippen LogP contribution >= 0.6 is 0 Å². The summed E-state index contributed by atoms with van der Waals surface area (Å²) in [4.78, 5) is 25.4. The van der Waals surface area contributed by atoms with Gasteiger partial charge in [0, 0.05) is 30.8 Å². The zero-order valence-corrected chi connectivity index (χ0v) is 11.0. The summed E-state index contributed by atoms with van der Waals surface area (Å²) in [6.45, 7) is 4.86. The summed E-state index contributed by atoms with van der Waals surface area (Å²) in [5.74, 6) is -1.85. The second-order valence-corrected chi connectivity index (χ2v) is 6.00. The van der Waals surface area contributed by atoms with Crippen molar-refractivity contribution in [3.8, 4) is 0 Å². The molecule has 0 spiro atoms. The number of carboxylic acids is 1. The minimum absolute atomic E-state index is 0.0377. The number of amides is 1. The van der Waals surface area contributed by atoms with Gasteiger partial charge < -0.3 is 10.0 Å². The van der Waals surface area contributed by atoms with E-state index < -0.39 is 23.2 Å². The van der Waals surface area contributed by atoms with Gasteiger partial charge in [-0.1, -0.05) is 13.8 Å². The van der Waals surface area contributed by atoms with E-state index in [1.807, 2.05) is 13.8 Å². The second-order valence-electron chi connectivity index (χ2n) is 6.00. The second kappa shape index (κ2) is 3.82. The number of carboxylic acid groups (broad SMARTS) is 1. The molecule has 1 aliphatic heterocycles. The smallest absolute Gasteiger partial charge is 0.307 e. The Morgan fingerprint density at radius 3 is 2.84 bits per heavy atom. The number of aromatic nitrogens is 2. The number of hydrogen-bond acceptors (Lipinski definition) is 3. The van der Waals surface area contributed by atoms with E-state index in [1.165, 1.54) is 0 Å². The third kappa shape index (κ3) is 1.74. The number of carbonyl (C=O) groups is 2. The van der Waals surface area contributed by atoms with E-state index in [0.29, 0.717) is 13.1 Å². The first kappa shape index (κ1) is 12.2. The Hall–Kier alpha value is -1.85. The van der Waals surface area contributed by atoms with Gasteiger partial charge in [0.2, 0.25) is 5.91 Å². The maximum absolute atomic E-state index is 12.5. The van der Waals surface area contributed by atoms with Gasteiger partial charge in [-0.15, -0.1) is 0 Å². The summed E-state index contributed by atoms with van der Waals surface area (Å²) in [6, 6.07) is 0. The molecule has 0 radical (unpaired) electrons. The molecule has 3 rings (SSSR count). The molecule has 102 valence electrons. The maximum atomic E-state index is 12.5. The Labute approximate surface area is 110 Å². The lowest BCUT2D eigenvalue weighted by molar-refractivity contribution is -0.142. The molecule has 2 N–H and O–H groups in total. The van der Waals surface area contributed by atoms with Crippen LogP contribution in [0.15, 0.2) is 6.20 Å². The molecule has 1 aliphatic carbocycles. The Kier molecular flexibility index (Phi) is 2.45. The summed E-state index contributed by atoms with van der Waals surface area (Å²) < 4.78 is 0.